The van der Waals surface area contributed by atoms with Gasteiger partial charge in [0.25, 0.3) is 0 Å². The highest BCUT2D eigenvalue weighted by Gasteiger charge is 2.25. The van der Waals surface area contributed by atoms with Crippen molar-refractivity contribution in [3.63, 3.8) is 0 Å². The smallest absolute Gasteiger partial charge is 0.146 e. The third kappa shape index (κ3) is 3.75. The number of nitrogens with zero attached hydrogens (tertiary/aromatic N) is 3. The molecule has 4 heterocycles. The molecule has 2 aliphatic heterocycles. The van der Waals surface area contributed by atoms with E-state index in [-0.39, 0.29) is 11.9 Å². The van der Waals surface area contributed by atoms with Gasteiger partial charge in [0.05, 0.1) is 37.8 Å². The Morgan fingerprint density at radius 2 is 2.03 bits per heavy atom. The molecule has 0 bridgehead atoms. The molecule has 158 valence electrons. The molecule has 2 aromatic heterocycles. The zero-order valence-electron chi connectivity index (χ0n) is 17.2. The van der Waals surface area contributed by atoms with Crippen LogP contribution in [0.3, 0.4) is 0 Å². The Balaban J connectivity index is 1.52. The number of nitrogens with one attached hydrogen (secondary N) is 1. The largest absolute Gasteiger partial charge is 0.493 e. The highest BCUT2D eigenvalue weighted by Crippen LogP contribution is 2.38. The molecule has 0 spiro atoms. The topological polar surface area (TPSA) is 59.5 Å². The highest BCUT2D eigenvalue weighted by molar-refractivity contribution is 7.18. The first-order valence-electron chi connectivity index (χ1n) is 10.3. The van der Waals surface area contributed by atoms with Gasteiger partial charge in [0, 0.05) is 30.0 Å². The van der Waals surface area contributed by atoms with Crippen molar-refractivity contribution in [1.82, 2.24) is 14.9 Å². The molecule has 2 aliphatic rings. The van der Waals surface area contributed by atoms with Crippen LogP contribution in [0.2, 0.25) is 0 Å². The third-order valence-electron chi connectivity index (χ3n) is 5.87. The van der Waals surface area contributed by atoms with Crippen LogP contribution in [0, 0.1) is 19.7 Å². The molecule has 1 saturated heterocycles. The number of hydrogen-bond donors (Lipinski definition) is 1. The Labute approximate surface area is 179 Å². The van der Waals surface area contributed by atoms with Crippen molar-refractivity contribution in [3.05, 3.63) is 45.8 Å². The summed E-state index contributed by atoms with van der Waals surface area (Å²) in [5, 5.41) is 4.67. The van der Waals surface area contributed by atoms with Gasteiger partial charge in [-0.1, -0.05) is 0 Å². The summed E-state index contributed by atoms with van der Waals surface area (Å²) in [6.45, 7) is 8.78. The molecule has 5 rings (SSSR count). The molecule has 0 aliphatic carbocycles. The third-order valence-corrected chi connectivity index (χ3v) is 6.97. The molecule has 30 heavy (non-hydrogen) atoms. The van der Waals surface area contributed by atoms with Gasteiger partial charge in [0.2, 0.25) is 0 Å². The molecule has 1 unspecified atom stereocenters. The van der Waals surface area contributed by atoms with Crippen LogP contribution < -0.4 is 10.1 Å². The van der Waals surface area contributed by atoms with Crippen LogP contribution in [0.1, 0.15) is 34.3 Å². The van der Waals surface area contributed by atoms with E-state index in [4.69, 9.17) is 19.4 Å². The molecule has 1 fully saturated rings. The average Bonchev–Trinajstić information content (AvgIpc) is 3.03. The summed E-state index contributed by atoms with van der Waals surface area (Å²) < 4.78 is 25.1. The maximum atomic E-state index is 13.9. The predicted molar refractivity (Wildman–Crippen MR) is 116 cm³/mol. The molecule has 0 radical (unpaired) electrons. The maximum absolute atomic E-state index is 13.9. The van der Waals surface area contributed by atoms with Gasteiger partial charge in [-0.2, -0.15) is 0 Å². The van der Waals surface area contributed by atoms with E-state index in [1.54, 1.807) is 23.5 Å². The van der Waals surface area contributed by atoms with Crippen molar-refractivity contribution in [2.45, 2.75) is 32.9 Å². The molecule has 0 saturated carbocycles. The van der Waals surface area contributed by atoms with E-state index >= 15 is 0 Å². The summed E-state index contributed by atoms with van der Waals surface area (Å²) >= 11 is 1.70. The van der Waals surface area contributed by atoms with Crippen LogP contribution >= 0.6 is 11.3 Å². The first-order valence-corrected chi connectivity index (χ1v) is 11.2. The minimum atomic E-state index is -0.255. The zero-order valence-corrected chi connectivity index (χ0v) is 18.0. The van der Waals surface area contributed by atoms with Gasteiger partial charge in [-0.3, -0.25) is 4.90 Å². The van der Waals surface area contributed by atoms with Crippen LogP contribution in [0.25, 0.3) is 10.2 Å². The Hall–Kier alpha value is -2.29. The van der Waals surface area contributed by atoms with Crippen molar-refractivity contribution >= 4 is 27.4 Å². The quantitative estimate of drug-likeness (QED) is 0.672. The summed E-state index contributed by atoms with van der Waals surface area (Å²) in [6, 6.07) is 4.65. The van der Waals surface area contributed by atoms with Crippen molar-refractivity contribution < 1.29 is 13.9 Å². The first kappa shape index (κ1) is 19.7. The van der Waals surface area contributed by atoms with Gasteiger partial charge in [0.15, 0.2) is 0 Å². The zero-order chi connectivity index (χ0) is 20.7. The fourth-order valence-corrected chi connectivity index (χ4v) is 5.16. The molecule has 1 atom stereocenters. The van der Waals surface area contributed by atoms with Gasteiger partial charge < -0.3 is 14.8 Å². The molecule has 3 aromatic rings. The molecule has 0 amide bonds. The molecule has 6 nitrogen and oxygen atoms in total. The maximum Gasteiger partial charge on any atom is 0.146 e. The Morgan fingerprint density at radius 3 is 2.87 bits per heavy atom. The van der Waals surface area contributed by atoms with Gasteiger partial charge in [-0.15, -0.1) is 11.3 Å². The van der Waals surface area contributed by atoms with Crippen molar-refractivity contribution in [1.29, 1.82) is 0 Å². The second-order valence-corrected chi connectivity index (χ2v) is 9.06. The minimum Gasteiger partial charge on any atom is -0.493 e. The number of aryl methyl sites for hydroxylation is 2. The van der Waals surface area contributed by atoms with E-state index in [2.05, 4.69) is 24.1 Å². The van der Waals surface area contributed by atoms with Gasteiger partial charge in [0.1, 0.15) is 28.0 Å². The standard InChI is InChI=1S/C22H25FN4O2S/c1-13-14(2)30-22-20(13)21(25-19(26-22)12-27-6-9-28-10-7-27)24-17-5-8-29-18-4-3-15(23)11-16(17)18/h3-4,11,17H,5-10,12H2,1-2H3,(H,24,25,26). The highest BCUT2D eigenvalue weighted by atomic mass is 32.1. The van der Waals surface area contributed by atoms with Crippen molar-refractivity contribution in [2.24, 2.45) is 0 Å². The number of thiophene rings is 1. The number of hydrogen-bond acceptors (Lipinski definition) is 7. The van der Waals surface area contributed by atoms with E-state index in [1.807, 2.05) is 0 Å². The van der Waals surface area contributed by atoms with E-state index in [0.29, 0.717) is 13.2 Å². The molecular formula is C22H25FN4O2S. The van der Waals surface area contributed by atoms with Crippen LogP contribution in [-0.2, 0) is 11.3 Å². The van der Waals surface area contributed by atoms with E-state index in [0.717, 1.165) is 65.9 Å². The van der Waals surface area contributed by atoms with Crippen molar-refractivity contribution in [3.8, 4) is 5.75 Å². The fraction of sp³-hybridized carbons (Fsp3) is 0.455. The van der Waals surface area contributed by atoms with Gasteiger partial charge in [-0.05, 0) is 37.6 Å². The molecule has 1 aromatic carbocycles. The predicted octanol–water partition coefficient (Wildman–Crippen LogP) is 4.22. The number of fused-ring (bicyclic) bond motifs is 2. The number of anilines is 1. The lowest BCUT2D eigenvalue weighted by atomic mass is 10.00. The number of morpholine rings is 1. The lowest BCUT2D eigenvalue weighted by Crippen LogP contribution is -2.36. The molecule has 8 heteroatoms. The van der Waals surface area contributed by atoms with Crippen LogP contribution in [0.5, 0.6) is 5.75 Å². The lowest BCUT2D eigenvalue weighted by Gasteiger charge is -2.28. The summed E-state index contributed by atoms with van der Waals surface area (Å²) in [6.07, 6.45) is 0.753. The van der Waals surface area contributed by atoms with Crippen LogP contribution in [0.15, 0.2) is 18.2 Å². The summed E-state index contributed by atoms with van der Waals surface area (Å²) in [5.41, 5.74) is 2.04. The number of aromatic nitrogens is 2. The fourth-order valence-electron chi connectivity index (χ4n) is 4.11. The Kier molecular flexibility index (Phi) is 5.30. The number of ether oxygens (including phenoxy) is 2. The van der Waals surface area contributed by atoms with Crippen molar-refractivity contribution in [2.75, 3.05) is 38.2 Å². The van der Waals surface area contributed by atoms with E-state index in [9.17, 15) is 4.39 Å². The Morgan fingerprint density at radius 1 is 1.20 bits per heavy atom. The van der Waals surface area contributed by atoms with Crippen LogP contribution in [0.4, 0.5) is 10.2 Å². The minimum absolute atomic E-state index is 0.0570. The van der Waals surface area contributed by atoms with E-state index < -0.39 is 0 Å². The Bertz CT molecular complexity index is 1080. The second-order valence-electron chi connectivity index (χ2n) is 7.86. The van der Waals surface area contributed by atoms with Gasteiger partial charge in [-0.25, -0.2) is 14.4 Å². The summed E-state index contributed by atoms with van der Waals surface area (Å²) in [4.78, 5) is 14.3. The normalized spacial score (nSPS) is 19.5. The average molecular weight is 429 g/mol. The SMILES string of the molecule is Cc1sc2nc(CN3CCOCC3)nc(NC3CCOc4ccc(F)cc43)c2c1C. The lowest BCUT2D eigenvalue weighted by molar-refractivity contribution is 0.0331. The first-order chi connectivity index (χ1) is 14.6. The molecular weight excluding hydrogens is 403 g/mol. The summed E-state index contributed by atoms with van der Waals surface area (Å²) in [5.74, 6) is 2.11. The number of benzene rings is 1. The number of rotatable bonds is 4. The van der Waals surface area contributed by atoms with Crippen LogP contribution in [-0.4, -0.2) is 47.8 Å². The van der Waals surface area contributed by atoms with E-state index in [1.165, 1.54) is 16.5 Å². The molecule has 1 N–H and O–H groups in total. The van der Waals surface area contributed by atoms with Gasteiger partial charge >= 0.3 is 0 Å². The second kappa shape index (κ2) is 8.09. The number of halogens is 1. The monoisotopic (exact) mass is 428 g/mol. The summed E-state index contributed by atoms with van der Waals surface area (Å²) in [7, 11) is 0.